The van der Waals surface area contributed by atoms with E-state index in [2.05, 4.69) is 40.2 Å². The van der Waals surface area contributed by atoms with Gasteiger partial charge < -0.3 is 24.8 Å². The number of fused-ring (bicyclic) bond motifs is 1. The molecule has 7 rings (SSSR count). The Hall–Kier alpha value is -6.01. The number of piperidine rings is 1. The molecule has 5 heterocycles. The molecule has 0 radical (unpaired) electrons. The number of halogens is 3. The van der Waals surface area contributed by atoms with E-state index in [1.165, 1.54) is 30.3 Å². The van der Waals surface area contributed by atoms with Gasteiger partial charge in [-0.25, -0.2) is 28.1 Å². The van der Waals surface area contributed by atoms with Crippen molar-refractivity contribution in [3.8, 4) is 11.1 Å². The summed E-state index contributed by atoms with van der Waals surface area (Å²) in [5.74, 6) is -3.01. The molecular weight excluding hydrogens is 822 g/mol. The molecule has 62 heavy (non-hydrogen) atoms. The van der Waals surface area contributed by atoms with Crippen LogP contribution in [0, 0.1) is 17.5 Å². The molecule has 3 aromatic heterocycles. The van der Waals surface area contributed by atoms with Gasteiger partial charge >= 0.3 is 0 Å². The van der Waals surface area contributed by atoms with Gasteiger partial charge in [0.15, 0.2) is 5.82 Å². The molecule has 0 bridgehead atoms. The van der Waals surface area contributed by atoms with Gasteiger partial charge in [-0.2, -0.15) is 0 Å². The highest BCUT2D eigenvalue weighted by molar-refractivity contribution is 8.01. The zero-order valence-corrected chi connectivity index (χ0v) is 35.5. The fraction of sp³-hybridized carbons (Fsp3) is 0.386. The summed E-state index contributed by atoms with van der Waals surface area (Å²) in [5, 5.41) is 5.72. The standard InChI is InChI=1S/C44H49F3N10O4S/c1-4-5-37(43(61)52-25-58)53-30-6-7-31(35(46)19-30)27-10-12-55(13-11-27)24-38(59)56-14-16-57(17-15-56)44-50-21-29(22-51-44)28-18-32-33(23-49-42(32)48-20-28)41(60)39-34(45)8-9-36(40(39)47)54-62-26(2)3/h6-9,18-23,25-27,37,53-54H,4-5,10-17,24H2,1-3H3,(H,48,49)(H,52,58,61). The van der Waals surface area contributed by atoms with Crippen LogP contribution in [0.3, 0.4) is 0 Å². The summed E-state index contributed by atoms with van der Waals surface area (Å²) < 4.78 is 48.5. The number of likely N-dealkylation sites (tertiary alicyclic amines) is 1. The van der Waals surface area contributed by atoms with Crippen molar-refractivity contribution in [3.05, 3.63) is 95.3 Å². The lowest BCUT2D eigenvalue weighted by Gasteiger charge is -2.37. The van der Waals surface area contributed by atoms with Crippen molar-refractivity contribution in [1.29, 1.82) is 0 Å². The highest BCUT2D eigenvalue weighted by Gasteiger charge is 2.29. The number of hydrogen-bond acceptors (Lipinski definition) is 12. The molecule has 18 heteroatoms. The quantitative estimate of drug-likeness (QED) is 0.0483. The van der Waals surface area contributed by atoms with Crippen molar-refractivity contribution in [1.82, 2.24) is 35.1 Å². The van der Waals surface area contributed by atoms with E-state index in [0.29, 0.717) is 111 Å². The number of pyridine rings is 1. The van der Waals surface area contributed by atoms with Crippen molar-refractivity contribution in [3.63, 3.8) is 0 Å². The van der Waals surface area contributed by atoms with Crippen LogP contribution in [0.4, 0.5) is 30.5 Å². The van der Waals surface area contributed by atoms with Gasteiger partial charge in [-0.1, -0.05) is 33.3 Å². The summed E-state index contributed by atoms with van der Waals surface area (Å²) in [7, 11) is 0. The Morgan fingerprint density at radius 1 is 0.919 bits per heavy atom. The van der Waals surface area contributed by atoms with Gasteiger partial charge in [0, 0.05) is 84.0 Å². The number of benzene rings is 2. The van der Waals surface area contributed by atoms with Gasteiger partial charge in [0.2, 0.25) is 30.0 Å². The predicted molar refractivity (Wildman–Crippen MR) is 233 cm³/mol. The molecule has 0 saturated carbocycles. The Bertz CT molecular complexity index is 2420. The molecule has 2 fully saturated rings. The van der Waals surface area contributed by atoms with E-state index in [-0.39, 0.29) is 40.7 Å². The second-order valence-electron chi connectivity index (χ2n) is 15.7. The van der Waals surface area contributed by atoms with Gasteiger partial charge in [-0.05, 0) is 86.1 Å². The number of nitrogens with one attached hydrogen (secondary N) is 4. The molecule has 2 aromatic carbocycles. The number of amides is 3. The summed E-state index contributed by atoms with van der Waals surface area (Å²) >= 11 is 1.25. The first-order valence-corrected chi connectivity index (χ1v) is 21.6. The van der Waals surface area contributed by atoms with E-state index < -0.39 is 34.9 Å². The number of rotatable bonds is 16. The van der Waals surface area contributed by atoms with E-state index in [1.807, 2.05) is 30.6 Å². The van der Waals surface area contributed by atoms with E-state index in [0.717, 1.165) is 6.07 Å². The molecule has 5 aromatic rings. The minimum atomic E-state index is -0.968. The molecule has 3 amide bonds. The first-order chi connectivity index (χ1) is 29.9. The van der Waals surface area contributed by atoms with Crippen molar-refractivity contribution >= 4 is 64.3 Å². The fourth-order valence-electron chi connectivity index (χ4n) is 7.85. The van der Waals surface area contributed by atoms with Crippen LogP contribution in [-0.4, -0.2) is 111 Å². The maximum absolute atomic E-state index is 15.4. The number of carbonyl (C=O) groups is 4. The summed E-state index contributed by atoms with van der Waals surface area (Å²) in [5.41, 5.74) is 2.14. The maximum Gasteiger partial charge on any atom is 0.248 e. The normalized spacial score (nSPS) is 15.5. The summed E-state index contributed by atoms with van der Waals surface area (Å²) in [6, 6.07) is 8.31. The Morgan fingerprint density at radius 3 is 2.32 bits per heavy atom. The Kier molecular flexibility index (Phi) is 14.1. The summed E-state index contributed by atoms with van der Waals surface area (Å²) in [6.07, 6.45) is 9.26. The predicted octanol–water partition coefficient (Wildman–Crippen LogP) is 6.52. The van der Waals surface area contributed by atoms with E-state index >= 15 is 8.78 Å². The topological polar surface area (TPSA) is 169 Å². The zero-order chi connectivity index (χ0) is 43.9. The van der Waals surface area contributed by atoms with Crippen LogP contribution in [-0.2, 0) is 14.4 Å². The molecule has 326 valence electrons. The number of anilines is 3. The molecule has 2 aliphatic rings. The first-order valence-electron chi connectivity index (χ1n) is 20.7. The van der Waals surface area contributed by atoms with E-state index in [4.69, 9.17) is 0 Å². The zero-order valence-electron chi connectivity index (χ0n) is 34.7. The van der Waals surface area contributed by atoms with Gasteiger partial charge in [0.05, 0.1) is 17.8 Å². The van der Waals surface area contributed by atoms with Gasteiger partial charge in [-0.15, -0.1) is 0 Å². The molecule has 4 N–H and O–H groups in total. The van der Waals surface area contributed by atoms with Crippen molar-refractivity contribution in [2.45, 2.75) is 63.7 Å². The molecule has 0 aliphatic carbocycles. The second-order valence-corrected chi connectivity index (χ2v) is 17.1. The largest absolute Gasteiger partial charge is 0.374 e. The average Bonchev–Trinajstić information content (AvgIpc) is 3.70. The third-order valence-corrected chi connectivity index (χ3v) is 12.0. The lowest BCUT2D eigenvalue weighted by atomic mass is 9.89. The van der Waals surface area contributed by atoms with Crippen molar-refractivity contribution < 1.29 is 32.3 Å². The average molecular weight is 871 g/mol. The molecule has 14 nitrogen and oxygen atoms in total. The van der Waals surface area contributed by atoms with Gasteiger partial charge in [-0.3, -0.25) is 29.4 Å². The summed E-state index contributed by atoms with van der Waals surface area (Å²) in [4.78, 5) is 72.4. The summed E-state index contributed by atoms with van der Waals surface area (Å²) in [6.45, 7) is 9.45. The van der Waals surface area contributed by atoms with Crippen molar-refractivity contribution in [2.24, 2.45) is 0 Å². The number of hydrogen-bond donors (Lipinski definition) is 4. The number of carbonyl (C=O) groups excluding carboxylic acids is 4. The maximum atomic E-state index is 15.4. The molecular formula is C44H49F3N10O4S. The Balaban J connectivity index is 0.907. The van der Waals surface area contributed by atoms with E-state index in [1.54, 1.807) is 36.8 Å². The van der Waals surface area contributed by atoms with Crippen LogP contribution in [0.5, 0.6) is 0 Å². The molecule has 2 aliphatic heterocycles. The number of nitrogens with zero attached hydrogens (tertiary/aromatic N) is 6. The number of ketones is 1. The fourth-order valence-corrected chi connectivity index (χ4v) is 8.37. The number of piperazine rings is 1. The number of aromatic nitrogens is 4. The highest BCUT2D eigenvalue weighted by atomic mass is 32.2. The minimum absolute atomic E-state index is 0.00595. The Morgan fingerprint density at radius 2 is 1.65 bits per heavy atom. The third-order valence-electron chi connectivity index (χ3n) is 11.2. The lowest BCUT2D eigenvalue weighted by molar-refractivity contribution is -0.133. The molecule has 2 saturated heterocycles. The van der Waals surface area contributed by atoms with Gasteiger partial charge in [0.25, 0.3) is 0 Å². The van der Waals surface area contributed by atoms with Crippen molar-refractivity contribution in [2.75, 3.05) is 60.8 Å². The monoisotopic (exact) mass is 870 g/mol. The lowest BCUT2D eigenvalue weighted by Crippen LogP contribution is -2.52. The van der Waals surface area contributed by atoms with Crippen LogP contribution >= 0.6 is 11.9 Å². The van der Waals surface area contributed by atoms with Crippen LogP contribution in [0.1, 0.15) is 73.9 Å². The second kappa shape index (κ2) is 19.8. The Labute approximate surface area is 361 Å². The number of H-pyrrole nitrogens is 1. The first kappa shape index (κ1) is 44.1. The van der Waals surface area contributed by atoms with Crippen LogP contribution in [0.2, 0.25) is 0 Å². The van der Waals surface area contributed by atoms with E-state index in [9.17, 15) is 23.6 Å². The van der Waals surface area contributed by atoms with Crippen LogP contribution < -0.4 is 20.3 Å². The minimum Gasteiger partial charge on any atom is -0.374 e. The third kappa shape index (κ3) is 10.0. The highest BCUT2D eigenvalue weighted by Crippen LogP contribution is 2.33. The smallest absolute Gasteiger partial charge is 0.248 e. The van der Waals surface area contributed by atoms with Gasteiger partial charge in [0.1, 0.15) is 23.3 Å². The van der Waals surface area contributed by atoms with Crippen LogP contribution in [0.15, 0.2) is 61.2 Å². The van der Waals surface area contributed by atoms with Crippen LogP contribution in [0.25, 0.3) is 22.2 Å². The molecule has 1 atom stereocenters. The SMILES string of the molecule is CCCC(Nc1ccc(C2CCN(CC(=O)N3CCN(c4ncc(-c5cnc6[nH]cc(C(=O)c7c(F)ccc(NSC(C)C)c7F)c6c5)cn4)CC3)CC2)c(F)c1)C(=O)NC=O. The molecule has 1 unspecified atom stereocenters. The molecule has 0 spiro atoms. The number of imide groups is 1. The number of aromatic amines is 1.